The van der Waals surface area contributed by atoms with Crippen LogP contribution in [-0.4, -0.2) is 12.0 Å². The van der Waals surface area contributed by atoms with E-state index in [1.165, 1.54) is 0 Å². The summed E-state index contributed by atoms with van der Waals surface area (Å²) in [4.78, 5) is 12.0. The molecule has 1 unspecified atom stereocenters. The smallest absolute Gasteiger partial charge is 0.265 e. The predicted molar refractivity (Wildman–Crippen MR) is 81.0 cm³/mol. The highest BCUT2D eigenvalue weighted by molar-refractivity contribution is 6.30. The second-order valence-corrected chi connectivity index (χ2v) is 4.73. The normalized spacial score (nSPS) is 11.7. The first kappa shape index (κ1) is 14.2. The summed E-state index contributed by atoms with van der Waals surface area (Å²) in [6, 6.07) is 13.9. The summed E-state index contributed by atoms with van der Waals surface area (Å²) in [5.74, 6) is 0.316. The van der Waals surface area contributed by atoms with Crippen molar-refractivity contribution in [1.29, 1.82) is 0 Å². The van der Waals surface area contributed by atoms with Crippen LogP contribution in [0.3, 0.4) is 0 Å². The maximum atomic E-state index is 12.0. The zero-order valence-electron chi connectivity index (χ0n) is 11.0. The van der Waals surface area contributed by atoms with Crippen LogP contribution in [0.25, 0.3) is 0 Å². The Bertz CT molecular complexity index is 599. The van der Waals surface area contributed by atoms with Gasteiger partial charge in [-0.3, -0.25) is 4.79 Å². The Morgan fingerprint density at radius 3 is 2.50 bits per heavy atom. The maximum absolute atomic E-state index is 12.0. The summed E-state index contributed by atoms with van der Waals surface area (Å²) in [6.07, 6.45) is -0.643. The van der Waals surface area contributed by atoms with Gasteiger partial charge in [0, 0.05) is 5.02 Å². The number of carbonyl (C=O) groups is 1. The number of nitrogens with two attached hydrogens (primary N) is 1. The van der Waals surface area contributed by atoms with E-state index in [9.17, 15) is 4.79 Å². The summed E-state index contributed by atoms with van der Waals surface area (Å²) < 4.78 is 5.53. The second kappa shape index (κ2) is 6.30. The van der Waals surface area contributed by atoms with Gasteiger partial charge in [-0.05, 0) is 43.3 Å². The Morgan fingerprint density at radius 2 is 1.85 bits per heavy atom. The summed E-state index contributed by atoms with van der Waals surface area (Å²) >= 11 is 5.79. The van der Waals surface area contributed by atoms with Crippen LogP contribution < -0.4 is 15.8 Å². The number of rotatable bonds is 4. The Labute approximate surface area is 122 Å². The molecule has 0 spiro atoms. The van der Waals surface area contributed by atoms with Gasteiger partial charge in [0.25, 0.3) is 5.91 Å². The number of halogens is 1. The van der Waals surface area contributed by atoms with Crippen molar-refractivity contribution in [3.05, 3.63) is 53.6 Å². The number of carbonyl (C=O) groups excluding carboxylic acids is 1. The quantitative estimate of drug-likeness (QED) is 0.849. The van der Waals surface area contributed by atoms with Gasteiger partial charge in [-0.25, -0.2) is 0 Å². The molecule has 5 heteroatoms. The number of anilines is 2. The third-order valence-corrected chi connectivity index (χ3v) is 2.97. The molecule has 0 aliphatic carbocycles. The first-order valence-electron chi connectivity index (χ1n) is 6.14. The molecule has 2 aromatic rings. The molecule has 0 saturated carbocycles. The van der Waals surface area contributed by atoms with Crippen molar-refractivity contribution in [2.45, 2.75) is 13.0 Å². The van der Waals surface area contributed by atoms with Crippen LogP contribution in [0.15, 0.2) is 48.5 Å². The molecule has 4 nitrogen and oxygen atoms in total. The Hall–Kier alpha value is -2.20. The van der Waals surface area contributed by atoms with Crippen LogP contribution in [-0.2, 0) is 4.79 Å². The van der Waals surface area contributed by atoms with Gasteiger partial charge in [0.2, 0.25) is 0 Å². The molecule has 0 aliphatic rings. The number of hydrogen-bond donors (Lipinski definition) is 2. The van der Waals surface area contributed by atoms with Crippen molar-refractivity contribution in [1.82, 2.24) is 0 Å². The van der Waals surface area contributed by atoms with Gasteiger partial charge in [0.15, 0.2) is 6.10 Å². The summed E-state index contributed by atoms with van der Waals surface area (Å²) in [6.45, 7) is 1.67. The maximum Gasteiger partial charge on any atom is 0.265 e. The number of hydrogen-bond acceptors (Lipinski definition) is 3. The van der Waals surface area contributed by atoms with E-state index in [0.717, 1.165) is 0 Å². The van der Waals surface area contributed by atoms with Crippen molar-refractivity contribution < 1.29 is 9.53 Å². The fraction of sp³-hybridized carbons (Fsp3) is 0.133. The van der Waals surface area contributed by atoms with E-state index < -0.39 is 6.10 Å². The van der Waals surface area contributed by atoms with Crippen LogP contribution in [0.1, 0.15) is 6.92 Å². The highest BCUT2D eigenvalue weighted by Crippen LogP contribution is 2.19. The van der Waals surface area contributed by atoms with E-state index in [1.54, 1.807) is 55.5 Å². The lowest BCUT2D eigenvalue weighted by Gasteiger charge is -2.15. The Morgan fingerprint density at radius 1 is 1.20 bits per heavy atom. The van der Waals surface area contributed by atoms with Crippen LogP contribution >= 0.6 is 11.6 Å². The zero-order valence-corrected chi connectivity index (χ0v) is 11.7. The fourth-order valence-electron chi connectivity index (χ4n) is 1.62. The average Bonchev–Trinajstić information content (AvgIpc) is 2.44. The number of para-hydroxylation sites is 2. The lowest BCUT2D eigenvalue weighted by Crippen LogP contribution is -2.30. The molecular formula is C15H15ClN2O2. The van der Waals surface area contributed by atoms with Crippen LogP contribution in [0.4, 0.5) is 11.4 Å². The average molecular weight is 291 g/mol. The highest BCUT2D eigenvalue weighted by Gasteiger charge is 2.15. The number of ether oxygens (including phenoxy) is 1. The molecule has 0 aliphatic heterocycles. The monoisotopic (exact) mass is 290 g/mol. The van der Waals surface area contributed by atoms with Gasteiger partial charge in [0.05, 0.1) is 11.4 Å². The molecule has 20 heavy (non-hydrogen) atoms. The standard InChI is InChI=1S/C15H15ClN2O2/c1-10(20-12-8-6-11(16)7-9-12)15(19)18-14-5-3-2-4-13(14)17/h2-10H,17H2,1H3,(H,18,19). The number of benzene rings is 2. The fourth-order valence-corrected chi connectivity index (χ4v) is 1.74. The topological polar surface area (TPSA) is 64.3 Å². The third kappa shape index (κ3) is 3.65. The SMILES string of the molecule is CC(Oc1ccc(Cl)cc1)C(=O)Nc1ccccc1N. The minimum atomic E-state index is -0.643. The van der Waals surface area contributed by atoms with Gasteiger partial charge in [0.1, 0.15) is 5.75 Å². The minimum Gasteiger partial charge on any atom is -0.481 e. The Kier molecular flexibility index (Phi) is 4.48. The lowest BCUT2D eigenvalue weighted by molar-refractivity contribution is -0.122. The predicted octanol–water partition coefficient (Wildman–Crippen LogP) is 3.33. The van der Waals surface area contributed by atoms with Crippen molar-refractivity contribution in [2.24, 2.45) is 0 Å². The largest absolute Gasteiger partial charge is 0.481 e. The van der Waals surface area contributed by atoms with Gasteiger partial charge < -0.3 is 15.8 Å². The van der Waals surface area contributed by atoms with Crippen molar-refractivity contribution >= 4 is 28.9 Å². The van der Waals surface area contributed by atoms with E-state index in [0.29, 0.717) is 22.1 Å². The van der Waals surface area contributed by atoms with Crippen molar-refractivity contribution in [3.63, 3.8) is 0 Å². The molecule has 0 aromatic heterocycles. The first-order valence-corrected chi connectivity index (χ1v) is 6.51. The van der Waals surface area contributed by atoms with Gasteiger partial charge >= 0.3 is 0 Å². The molecule has 3 N–H and O–H groups in total. The molecule has 2 aromatic carbocycles. The van der Waals surface area contributed by atoms with Crippen molar-refractivity contribution in [3.8, 4) is 5.75 Å². The first-order chi connectivity index (χ1) is 9.56. The molecule has 1 atom stereocenters. The van der Waals surface area contributed by atoms with Gasteiger partial charge in [-0.1, -0.05) is 23.7 Å². The van der Waals surface area contributed by atoms with E-state index in [-0.39, 0.29) is 5.91 Å². The molecule has 0 heterocycles. The van der Waals surface area contributed by atoms with Gasteiger partial charge in [-0.15, -0.1) is 0 Å². The summed E-state index contributed by atoms with van der Waals surface area (Å²) in [5.41, 5.74) is 6.85. The van der Waals surface area contributed by atoms with Gasteiger partial charge in [-0.2, -0.15) is 0 Å². The molecule has 0 radical (unpaired) electrons. The van der Waals surface area contributed by atoms with Crippen LogP contribution in [0, 0.1) is 0 Å². The van der Waals surface area contributed by atoms with Crippen LogP contribution in [0.5, 0.6) is 5.75 Å². The molecule has 1 amide bonds. The molecule has 0 bridgehead atoms. The summed E-state index contributed by atoms with van der Waals surface area (Å²) in [7, 11) is 0. The second-order valence-electron chi connectivity index (χ2n) is 4.29. The molecule has 2 rings (SSSR count). The van der Waals surface area contributed by atoms with E-state index >= 15 is 0 Å². The molecule has 0 saturated heterocycles. The Balaban J connectivity index is 1.99. The zero-order chi connectivity index (χ0) is 14.5. The molecule has 104 valence electrons. The summed E-state index contributed by atoms with van der Waals surface area (Å²) in [5, 5.41) is 3.34. The number of nitrogen functional groups attached to an aromatic ring is 1. The van der Waals surface area contributed by atoms with E-state index in [2.05, 4.69) is 5.32 Å². The van der Waals surface area contributed by atoms with Crippen molar-refractivity contribution in [2.75, 3.05) is 11.1 Å². The number of nitrogens with one attached hydrogen (secondary N) is 1. The number of amides is 1. The lowest BCUT2D eigenvalue weighted by atomic mass is 10.2. The highest BCUT2D eigenvalue weighted by atomic mass is 35.5. The molecule has 0 fully saturated rings. The van der Waals surface area contributed by atoms with Crippen LogP contribution in [0.2, 0.25) is 5.02 Å². The molecular weight excluding hydrogens is 276 g/mol. The third-order valence-electron chi connectivity index (χ3n) is 2.71. The van der Waals surface area contributed by atoms with E-state index in [4.69, 9.17) is 22.1 Å². The van der Waals surface area contributed by atoms with E-state index in [1.807, 2.05) is 0 Å². The minimum absolute atomic E-state index is 0.266.